The Morgan fingerprint density at radius 3 is 2.83 bits per heavy atom. The van der Waals surface area contributed by atoms with Crippen LogP contribution in [0.1, 0.15) is 26.2 Å². The van der Waals surface area contributed by atoms with E-state index in [4.69, 9.17) is 10.5 Å². The van der Waals surface area contributed by atoms with Crippen LogP contribution in [-0.2, 0) is 9.53 Å². The van der Waals surface area contributed by atoms with E-state index in [1.807, 2.05) is 6.92 Å². The van der Waals surface area contributed by atoms with E-state index in [0.717, 1.165) is 19.3 Å². The van der Waals surface area contributed by atoms with Gasteiger partial charge in [0.25, 0.3) is 0 Å². The molecule has 0 amide bonds. The first-order valence-electron chi connectivity index (χ1n) is 4.64. The van der Waals surface area contributed by atoms with Crippen LogP contribution in [0.25, 0.3) is 0 Å². The molecule has 1 fully saturated rings. The lowest BCUT2D eigenvalue weighted by molar-refractivity contribution is -0.147. The normalized spacial score (nSPS) is 28.8. The summed E-state index contributed by atoms with van der Waals surface area (Å²) in [7, 11) is 0. The Balaban J connectivity index is 2.31. The van der Waals surface area contributed by atoms with Crippen LogP contribution >= 0.6 is 0 Å². The van der Waals surface area contributed by atoms with Crippen LogP contribution in [0, 0.1) is 11.8 Å². The van der Waals surface area contributed by atoms with Crippen molar-refractivity contribution in [1.29, 1.82) is 0 Å². The predicted molar refractivity (Wildman–Crippen MR) is 46.5 cm³/mol. The molecule has 0 heterocycles. The number of hydrogen-bond donors (Lipinski definition) is 1. The molecule has 3 heteroatoms. The highest BCUT2D eigenvalue weighted by molar-refractivity contribution is 5.72. The van der Waals surface area contributed by atoms with Crippen molar-refractivity contribution in [2.24, 2.45) is 17.6 Å². The van der Waals surface area contributed by atoms with Crippen molar-refractivity contribution in [3.8, 4) is 0 Å². The van der Waals surface area contributed by atoms with Crippen molar-refractivity contribution in [2.45, 2.75) is 26.2 Å². The zero-order chi connectivity index (χ0) is 8.97. The summed E-state index contributed by atoms with van der Waals surface area (Å²) >= 11 is 0. The molecular formula is C9H17NO2. The summed E-state index contributed by atoms with van der Waals surface area (Å²) in [6, 6.07) is 0. The summed E-state index contributed by atoms with van der Waals surface area (Å²) in [4.78, 5) is 11.2. The first kappa shape index (κ1) is 9.52. The first-order valence-corrected chi connectivity index (χ1v) is 4.64. The molecule has 0 aromatic carbocycles. The molecule has 1 aliphatic carbocycles. The Kier molecular flexibility index (Phi) is 3.53. The second-order valence-electron chi connectivity index (χ2n) is 3.36. The number of carbonyl (C=O) groups excluding carboxylic acids is 1. The average molecular weight is 171 g/mol. The van der Waals surface area contributed by atoms with Crippen LogP contribution in [0.5, 0.6) is 0 Å². The van der Waals surface area contributed by atoms with Crippen LogP contribution in [0.3, 0.4) is 0 Å². The third-order valence-electron chi connectivity index (χ3n) is 2.49. The first-order chi connectivity index (χ1) is 5.77. The number of carbonyl (C=O) groups is 1. The molecule has 1 rings (SSSR count). The fraction of sp³-hybridized carbons (Fsp3) is 0.889. The van der Waals surface area contributed by atoms with Gasteiger partial charge in [-0.15, -0.1) is 0 Å². The van der Waals surface area contributed by atoms with Crippen molar-refractivity contribution >= 4 is 5.97 Å². The van der Waals surface area contributed by atoms with Gasteiger partial charge < -0.3 is 10.5 Å². The smallest absolute Gasteiger partial charge is 0.308 e. The monoisotopic (exact) mass is 171 g/mol. The van der Waals surface area contributed by atoms with Crippen molar-refractivity contribution in [2.75, 3.05) is 13.2 Å². The van der Waals surface area contributed by atoms with Crippen LogP contribution in [0.2, 0.25) is 0 Å². The lowest BCUT2D eigenvalue weighted by atomic mass is 10.1. The van der Waals surface area contributed by atoms with Crippen LogP contribution < -0.4 is 5.73 Å². The van der Waals surface area contributed by atoms with Crippen molar-refractivity contribution < 1.29 is 9.53 Å². The van der Waals surface area contributed by atoms with E-state index in [9.17, 15) is 4.79 Å². The molecule has 0 bridgehead atoms. The largest absolute Gasteiger partial charge is 0.466 e. The molecule has 0 spiro atoms. The van der Waals surface area contributed by atoms with Gasteiger partial charge in [0.15, 0.2) is 0 Å². The highest BCUT2D eigenvalue weighted by Gasteiger charge is 2.29. The van der Waals surface area contributed by atoms with Crippen molar-refractivity contribution in [1.82, 2.24) is 0 Å². The number of esters is 1. The molecule has 0 aliphatic heterocycles. The summed E-state index contributed by atoms with van der Waals surface area (Å²) in [5.74, 6) is 0.631. The third kappa shape index (κ3) is 2.21. The molecule has 1 saturated carbocycles. The van der Waals surface area contributed by atoms with Crippen molar-refractivity contribution in [3.63, 3.8) is 0 Å². The standard InChI is InChI=1S/C9H17NO2/c1-2-12-9(11)8-4-3-7(5-8)6-10/h7-8H,2-6,10H2,1H3/t7-,8+/m0/s1. The molecule has 0 unspecified atom stereocenters. The molecule has 0 aromatic heterocycles. The van der Waals surface area contributed by atoms with E-state index in [0.29, 0.717) is 19.1 Å². The zero-order valence-corrected chi connectivity index (χ0v) is 7.58. The SMILES string of the molecule is CCOC(=O)[C@@H]1CC[C@H](CN)C1. The number of rotatable bonds is 3. The second kappa shape index (κ2) is 4.45. The van der Waals surface area contributed by atoms with Crippen LogP contribution in [0.4, 0.5) is 0 Å². The Morgan fingerprint density at radius 2 is 2.33 bits per heavy atom. The van der Waals surface area contributed by atoms with Gasteiger partial charge in [-0.25, -0.2) is 0 Å². The van der Waals surface area contributed by atoms with E-state index in [2.05, 4.69) is 0 Å². The molecule has 1 aliphatic rings. The average Bonchev–Trinajstić information content (AvgIpc) is 2.52. The summed E-state index contributed by atoms with van der Waals surface area (Å²) in [6.45, 7) is 3.03. The van der Waals surface area contributed by atoms with Crippen LogP contribution in [0.15, 0.2) is 0 Å². The predicted octanol–water partition coefficient (Wildman–Crippen LogP) is 0.924. The minimum Gasteiger partial charge on any atom is -0.466 e. The second-order valence-corrected chi connectivity index (χ2v) is 3.36. The van der Waals surface area contributed by atoms with E-state index >= 15 is 0 Å². The molecule has 2 atom stereocenters. The Bertz CT molecular complexity index is 159. The number of nitrogens with two attached hydrogens (primary N) is 1. The summed E-state index contributed by atoms with van der Waals surface area (Å²) in [5.41, 5.74) is 5.52. The maximum absolute atomic E-state index is 11.2. The third-order valence-corrected chi connectivity index (χ3v) is 2.49. The lowest BCUT2D eigenvalue weighted by Gasteiger charge is -2.08. The maximum Gasteiger partial charge on any atom is 0.308 e. The van der Waals surface area contributed by atoms with Gasteiger partial charge in [-0.2, -0.15) is 0 Å². The highest BCUT2D eigenvalue weighted by atomic mass is 16.5. The molecule has 0 saturated heterocycles. The lowest BCUT2D eigenvalue weighted by Crippen LogP contribution is -2.16. The molecule has 12 heavy (non-hydrogen) atoms. The van der Waals surface area contributed by atoms with Gasteiger partial charge in [0.2, 0.25) is 0 Å². The molecule has 0 radical (unpaired) electrons. The summed E-state index contributed by atoms with van der Waals surface area (Å²) in [5, 5.41) is 0. The minimum absolute atomic E-state index is 0.0338. The van der Waals surface area contributed by atoms with Gasteiger partial charge in [-0.3, -0.25) is 4.79 Å². The Morgan fingerprint density at radius 1 is 1.58 bits per heavy atom. The van der Waals surface area contributed by atoms with Gasteiger partial charge in [0, 0.05) is 0 Å². The molecular weight excluding hydrogens is 154 g/mol. The van der Waals surface area contributed by atoms with Crippen molar-refractivity contribution in [3.05, 3.63) is 0 Å². The molecule has 2 N–H and O–H groups in total. The highest BCUT2D eigenvalue weighted by Crippen LogP contribution is 2.30. The van der Waals surface area contributed by atoms with E-state index in [-0.39, 0.29) is 11.9 Å². The quantitative estimate of drug-likeness (QED) is 0.642. The summed E-state index contributed by atoms with van der Waals surface area (Å²) < 4.78 is 4.94. The Hall–Kier alpha value is -0.570. The zero-order valence-electron chi connectivity index (χ0n) is 7.58. The van der Waals surface area contributed by atoms with Gasteiger partial charge in [-0.1, -0.05) is 0 Å². The summed E-state index contributed by atoms with van der Waals surface area (Å²) in [6.07, 6.45) is 2.97. The molecule has 0 aromatic rings. The van der Waals surface area contributed by atoms with E-state index < -0.39 is 0 Å². The topological polar surface area (TPSA) is 52.3 Å². The van der Waals surface area contributed by atoms with Gasteiger partial charge in [0.05, 0.1) is 12.5 Å². The van der Waals surface area contributed by atoms with Gasteiger partial charge in [0.1, 0.15) is 0 Å². The fourth-order valence-electron chi connectivity index (χ4n) is 1.76. The van der Waals surface area contributed by atoms with Gasteiger partial charge >= 0.3 is 5.97 Å². The van der Waals surface area contributed by atoms with E-state index in [1.165, 1.54) is 0 Å². The molecule has 3 nitrogen and oxygen atoms in total. The Labute approximate surface area is 73.3 Å². The number of ether oxygens (including phenoxy) is 1. The van der Waals surface area contributed by atoms with Gasteiger partial charge in [-0.05, 0) is 38.6 Å². The minimum atomic E-state index is -0.0338. The maximum atomic E-state index is 11.2. The molecule has 70 valence electrons. The number of hydrogen-bond acceptors (Lipinski definition) is 3. The van der Waals surface area contributed by atoms with Crippen LogP contribution in [-0.4, -0.2) is 19.1 Å². The van der Waals surface area contributed by atoms with E-state index in [1.54, 1.807) is 0 Å². The fourth-order valence-corrected chi connectivity index (χ4v) is 1.76.